The fourth-order valence-corrected chi connectivity index (χ4v) is 0. The maximum Gasteiger partial charge on any atom is 0.195 e. The van der Waals surface area contributed by atoms with Gasteiger partial charge in [-0.15, -0.1) is 0 Å². The smallest absolute Gasteiger partial charge is 0.195 e. The summed E-state index contributed by atoms with van der Waals surface area (Å²) in [5.74, 6) is 0. The molecule has 0 heterocycles. The predicted molar refractivity (Wildman–Crippen MR) is 11.4 cm³/mol. The van der Waals surface area contributed by atoms with Gasteiger partial charge < -0.3 is 0 Å². The van der Waals surface area contributed by atoms with Crippen LogP contribution in [0.3, 0.4) is 0 Å². The summed E-state index contributed by atoms with van der Waals surface area (Å²) in [6.07, 6.45) is 1.50. The summed E-state index contributed by atoms with van der Waals surface area (Å²) in [6.45, 7) is 1.32. The standard InChI is InChI=1S/C2H3O.6Ti/c1-2-3;;;;;;/h1H3;;;;;;. The van der Waals surface area contributed by atoms with Crippen LogP contribution >= 0.6 is 0 Å². The van der Waals surface area contributed by atoms with Crippen molar-refractivity contribution in [3.8, 4) is 0 Å². The van der Waals surface area contributed by atoms with Gasteiger partial charge in [0.05, 0.1) is 0 Å². The van der Waals surface area contributed by atoms with Crippen LogP contribution in [0.15, 0.2) is 0 Å². The van der Waals surface area contributed by atoms with Gasteiger partial charge in [0.1, 0.15) is 0 Å². The van der Waals surface area contributed by atoms with Crippen LogP contribution in [0.1, 0.15) is 6.92 Å². The van der Waals surface area contributed by atoms with E-state index in [-0.39, 0.29) is 130 Å². The Hall–Kier alpha value is 3.96. The number of carbonyl (C=O) groups excluding carboxylic acids is 1. The van der Waals surface area contributed by atoms with Crippen molar-refractivity contribution in [2.45, 2.75) is 6.92 Å². The van der Waals surface area contributed by atoms with Crippen LogP contribution in [0.5, 0.6) is 0 Å². The minimum atomic E-state index is 0. The van der Waals surface area contributed by atoms with E-state index in [4.69, 9.17) is 4.79 Å². The second-order valence-electron chi connectivity index (χ2n) is 0.204. The molecule has 0 aliphatic heterocycles. The fraction of sp³-hybridized carbons (Fsp3) is 0.500. The SMILES string of the molecule is C[C]=O.[Ti].[Ti].[Ti].[Ti].[Ti].[Ti]. The second kappa shape index (κ2) is 58.4. The summed E-state index contributed by atoms with van der Waals surface area (Å²) in [4.78, 5) is 8.68. The van der Waals surface area contributed by atoms with Crippen LogP contribution in [0.25, 0.3) is 0 Å². The summed E-state index contributed by atoms with van der Waals surface area (Å²) < 4.78 is 0. The molecule has 0 saturated heterocycles. The molecule has 0 aromatic rings. The van der Waals surface area contributed by atoms with Crippen molar-refractivity contribution in [3.63, 3.8) is 0 Å². The molecule has 0 N–H and O–H groups in total. The van der Waals surface area contributed by atoms with Crippen molar-refractivity contribution in [2.75, 3.05) is 0 Å². The molecule has 0 aliphatic rings. The van der Waals surface area contributed by atoms with Crippen LogP contribution in [-0.4, -0.2) is 6.29 Å². The maximum atomic E-state index is 8.68. The van der Waals surface area contributed by atoms with Crippen LogP contribution in [0, 0.1) is 0 Å². The summed E-state index contributed by atoms with van der Waals surface area (Å²) in [5, 5.41) is 0. The monoisotopic (exact) mass is 331 g/mol. The number of rotatable bonds is 0. The third-order valence-electron chi connectivity index (χ3n) is 0. The normalized spacial score (nSPS) is 1.44. The van der Waals surface area contributed by atoms with Gasteiger partial charge >= 0.3 is 0 Å². The minimum Gasteiger partial charge on any atom is -0.291 e. The van der Waals surface area contributed by atoms with Crippen LogP contribution in [0.4, 0.5) is 0 Å². The van der Waals surface area contributed by atoms with E-state index in [2.05, 4.69) is 0 Å². The molecule has 0 aromatic carbocycles. The summed E-state index contributed by atoms with van der Waals surface area (Å²) in [6, 6.07) is 0. The van der Waals surface area contributed by atoms with E-state index < -0.39 is 0 Å². The molecule has 0 fully saturated rings. The first-order chi connectivity index (χ1) is 1.41. The first-order valence-electron chi connectivity index (χ1n) is 0.704. The van der Waals surface area contributed by atoms with Crippen molar-refractivity contribution >= 4 is 6.29 Å². The molecule has 0 spiro atoms. The van der Waals surface area contributed by atoms with Crippen molar-refractivity contribution < 1.29 is 135 Å². The Kier molecular flexibility index (Phi) is 339. The largest absolute Gasteiger partial charge is 0.291 e. The Morgan fingerprint density at radius 2 is 0.778 bits per heavy atom. The molecule has 0 saturated carbocycles. The summed E-state index contributed by atoms with van der Waals surface area (Å²) in [5.41, 5.74) is 0. The second-order valence-corrected chi connectivity index (χ2v) is 0.204. The molecular weight excluding hydrogens is 327 g/mol. The molecule has 9 heavy (non-hydrogen) atoms. The first-order valence-corrected chi connectivity index (χ1v) is 0.704. The van der Waals surface area contributed by atoms with Gasteiger partial charge in [-0.1, -0.05) is 0 Å². The quantitative estimate of drug-likeness (QED) is 0.576. The van der Waals surface area contributed by atoms with Gasteiger partial charge in [-0.3, -0.25) is 4.79 Å². The molecule has 0 aliphatic carbocycles. The van der Waals surface area contributed by atoms with Crippen LogP contribution in [-0.2, 0) is 135 Å². The molecule has 0 amide bonds. The topological polar surface area (TPSA) is 17.1 Å². The van der Waals surface area contributed by atoms with E-state index in [1.807, 2.05) is 0 Å². The van der Waals surface area contributed by atoms with E-state index in [1.54, 1.807) is 0 Å². The Labute approximate surface area is 145 Å². The molecule has 0 rings (SSSR count). The summed E-state index contributed by atoms with van der Waals surface area (Å²) >= 11 is 0. The van der Waals surface area contributed by atoms with E-state index >= 15 is 0 Å². The summed E-state index contributed by atoms with van der Waals surface area (Å²) in [7, 11) is 0. The van der Waals surface area contributed by atoms with E-state index in [0.717, 1.165) is 0 Å². The van der Waals surface area contributed by atoms with Gasteiger partial charge in [-0.05, 0) is 0 Å². The minimum absolute atomic E-state index is 0. The zero-order chi connectivity index (χ0) is 2.71. The zero-order valence-electron chi connectivity index (χ0n) is 4.91. The zero-order valence-corrected chi connectivity index (χ0v) is 14.3. The molecule has 1 nitrogen and oxygen atoms in total. The van der Waals surface area contributed by atoms with Crippen molar-refractivity contribution in [1.29, 1.82) is 0 Å². The molecule has 1 radical (unpaired) electrons. The van der Waals surface area contributed by atoms with Crippen LogP contribution < -0.4 is 0 Å². The molecule has 0 unspecified atom stereocenters. The first kappa shape index (κ1) is 52.2. The average Bonchev–Trinajstić information content (AvgIpc) is 0.918. The number of hydrogen-bond acceptors (Lipinski definition) is 1. The number of hydrogen-bond donors (Lipinski definition) is 0. The molecule has 0 atom stereocenters. The molecule has 41 valence electrons. The third kappa shape index (κ3) is 75.7. The Balaban J connectivity index is -0.00000000133. The van der Waals surface area contributed by atoms with E-state index in [9.17, 15) is 0 Å². The van der Waals surface area contributed by atoms with E-state index in [0.29, 0.717) is 0 Å². The van der Waals surface area contributed by atoms with Gasteiger partial charge in [-0.2, -0.15) is 0 Å². The maximum absolute atomic E-state index is 8.68. The van der Waals surface area contributed by atoms with Gasteiger partial charge in [0.15, 0.2) is 6.29 Å². The van der Waals surface area contributed by atoms with E-state index in [1.165, 1.54) is 13.2 Å². The van der Waals surface area contributed by atoms with Crippen molar-refractivity contribution in [2.24, 2.45) is 0 Å². The van der Waals surface area contributed by atoms with Gasteiger partial charge in [0, 0.05) is 137 Å². The van der Waals surface area contributed by atoms with Gasteiger partial charge in [0.2, 0.25) is 0 Å². The van der Waals surface area contributed by atoms with Crippen molar-refractivity contribution in [3.05, 3.63) is 0 Å². The fourth-order valence-electron chi connectivity index (χ4n) is 0. The Bertz CT molecular complexity index is 18.5. The predicted octanol–water partition coefficient (Wildman–Crippen LogP) is 0.101. The van der Waals surface area contributed by atoms with Gasteiger partial charge in [0.25, 0.3) is 0 Å². The molecular formula is C2H3OTi6. The Morgan fingerprint density at radius 3 is 0.778 bits per heavy atom. The van der Waals surface area contributed by atoms with Gasteiger partial charge in [-0.25, -0.2) is 0 Å². The molecule has 0 bridgehead atoms. The Morgan fingerprint density at radius 1 is 0.778 bits per heavy atom. The van der Waals surface area contributed by atoms with Crippen molar-refractivity contribution in [1.82, 2.24) is 0 Å². The average molecular weight is 330 g/mol. The molecule has 7 heteroatoms. The molecule has 0 aromatic heterocycles. The van der Waals surface area contributed by atoms with Crippen LogP contribution in [0.2, 0.25) is 0 Å². The third-order valence-corrected chi connectivity index (χ3v) is 0.